The summed E-state index contributed by atoms with van der Waals surface area (Å²) in [5.41, 5.74) is 4.67. The fraction of sp³-hybridized carbons (Fsp3) is 0.613. The topological polar surface area (TPSA) is 66.1 Å². The molecule has 4 aliphatic carbocycles. The fourth-order valence-electron chi connectivity index (χ4n) is 8.82. The number of aliphatic hydroxyl groups is 1. The lowest BCUT2D eigenvalue weighted by atomic mass is 9.47. The Morgan fingerprint density at radius 2 is 2.06 bits per heavy atom. The number of rotatable bonds is 4. The van der Waals surface area contributed by atoms with Gasteiger partial charge in [-0.05, 0) is 104 Å². The average Bonchev–Trinajstić information content (AvgIpc) is 3.52. The lowest BCUT2D eigenvalue weighted by Gasteiger charge is -2.58. The third-order valence-electron chi connectivity index (χ3n) is 10.6. The molecule has 7 atom stereocenters. The van der Waals surface area contributed by atoms with Crippen LogP contribution in [0.15, 0.2) is 35.2 Å². The van der Waals surface area contributed by atoms with Crippen LogP contribution in [0.2, 0.25) is 0 Å². The second-order valence-corrected chi connectivity index (χ2v) is 13.1. The van der Waals surface area contributed by atoms with Crippen molar-refractivity contribution in [2.45, 2.75) is 84.2 Å². The van der Waals surface area contributed by atoms with Gasteiger partial charge in [-0.2, -0.15) is 5.26 Å². The Kier molecular flexibility index (Phi) is 6.04. The molecule has 0 radical (unpaired) electrons. The molecule has 0 amide bonds. The molecule has 2 aromatic heterocycles. The first-order valence-corrected chi connectivity index (χ1v) is 14.8. The van der Waals surface area contributed by atoms with Crippen LogP contribution >= 0.6 is 11.3 Å². The number of aromatic nitrogens is 1. The molecule has 1 N–H and O–H groups in total. The van der Waals surface area contributed by atoms with Crippen LogP contribution in [0.1, 0.15) is 89.3 Å². The van der Waals surface area contributed by atoms with Crippen molar-refractivity contribution in [2.75, 3.05) is 6.61 Å². The van der Waals surface area contributed by atoms with Crippen LogP contribution in [0.4, 0.5) is 0 Å². The number of fused-ring (bicyclic) bond motifs is 5. The highest BCUT2D eigenvalue weighted by molar-refractivity contribution is 7.13. The van der Waals surface area contributed by atoms with Gasteiger partial charge in [-0.3, -0.25) is 0 Å². The Labute approximate surface area is 219 Å². The van der Waals surface area contributed by atoms with Gasteiger partial charge in [0.1, 0.15) is 11.6 Å². The van der Waals surface area contributed by atoms with Gasteiger partial charge < -0.3 is 9.84 Å². The van der Waals surface area contributed by atoms with Crippen LogP contribution in [-0.2, 0) is 0 Å². The molecule has 6 rings (SSSR count). The van der Waals surface area contributed by atoms with Crippen molar-refractivity contribution in [2.24, 2.45) is 28.6 Å². The predicted molar refractivity (Wildman–Crippen MR) is 144 cm³/mol. The summed E-state index contributed by atoms with van der Waals surface area (Å²) in [5, 5.41) is 22.4. The summed E-state index contributed by atoms with van der Waals surface area (Å²) in [4.78, 5) is 6.14. The summed E-state index contributed by atoms with van der Waals surface area (Å²) in [6.45, 7) is 7.50. The molecular weight excluding hydrogens is 464 g/mol. The summed E-state index contributed by atoms with van der Waals surface area (Å²) in [6.07, 6.45) is 11.4. The van der Waals surface area contributed by atoms with Crippen molar-refractivity contribution in [3.8, 4) is 22.4 Å². The van der Waals surface area contributed by atoms with Crippen molar-refractivity contribution in [1.82, 2.24) is 4.98 Å². The van der Waals surface area contributed by atoms with Crippen LogP contribution in [0.5, 0.6) is 5.88 Å². The minimum atomic E-state index is -0.148. The number of pyridine rings is 1. The fourth-order valence-corrected chi connectivity index (χ4v) is 9.57. The molecule has 0 aromatic carbocycles. The zero-order chi connectivity index (χ0) is 25.1. The molecule has 4 nitrogen and oxygen atoms in total. The number of aliphatic hydroxyl groups excluding tert-OH is 1. The van der Waals surface area contributed by atoms with E-state index in [-0.39, 0.29) is 16.9 Å². The molecule has 190 valence electrons. The van der Waals surface area contributed by atoms with Crippen molar-refractivity contribution >= 4 is 11.3 Å². The van der Waals surface area contributed by atoms with E-state index in [0.717, 1.165) is 53.7 Å². The van der Waals surface area contributed by atoms with Gasteiger partial charge in [-0.1, -0.05) is 31.6 Å². The number of thiophene rings is 1. The minimum absolute atomic E-state index is 0.148. The average molecular weight is 503 g/mol. The van der Waals surface area contributed by atoms with Gasteiger partial charge in [0.2, 0.25) is 5.88 Å². The van der Waals surface area contributed by atoms with Gasteiger partial charge in [-0.25, -0.2) is 4.98 Å². The van der Waals surface area contributed by atoms with Gasteiger partial charge in [0.25, 0.3) is 0 Å². The first-order chi connectivity index (χ1) is 17.4. The van der Waals surface area contributed by atoms with Gasteiger partial charge >= 0.3 is 0 Å². The maximum absolute atomic E-state index is 10.3. The normalized spacial score (nSPS) is 37.3. The molecule has 0 bridgehead atoms. The molecule has 0 unspecified atom stereocenters. The summed E-state index contributed by atoms with van der Waals surface area (Å²) in [7, 11) is 0. The Morgan fingerprint density at radius 3 is 2.81 bits per heavy atom. The SMILES string of the molecule is CCOc1nc([C@H]2CC[C@H]3[C@@H]4CC=C5C[C@@H](O)CC[C@]5(C)[C@H]4CC[C@]23C)cc(-c2cccs2)c1C#N. The van der Waals surface area contributed by atoms with E-state index in [2.05, 4.69) is 43.5 Å². The number of nitrogens with zero attached hydrogens (tertiary/aromatic N) is 2. The van der Waals surface area contributed by atoms with Gasteiger partial charge in [-0.15, -0.1) is 11.3 Å². The number of nitriles is 1. The van der Waals surface area contributed by atoms with E-state index < -0.39 is 0 Å². The predicted octanol–water partition coefficient (Wildman–Crippen LogP) is 7.49. The lowest BCUT2D eigenvalue weighted by molar-refractivity contribution is -0.0412. The number of hydrogen-bond donors (Lipinski definition) is 1. The number of hydrogen-bond acceptors (Lipinski definition) is 5. The summed E-state index contributed by atoms with van der Waals surface area (Å²) >= 11 is 1.67. The standard InChI is InChI=1S/C31H38N2O2S/c1-4-35-29-23(18-32)22(28-6-5-15-36-28)17-27(33-29)26-10-9-24-21-8-7-19-16-20(34)11-13-30(19,2)25(21)12-14-31(24,26)3/h5-7,15,17,20-21,24-26,34H,4,8-14,16H2,1-3H3/t20-,21-,24-,25-,26+,30-,31-/m0/s1. The highest BCUT2D eigenvalue weighted by atomic mass is 32.1. The van der Waals surface area contributed by atoms with Crippen LogP contribution in [0, 0.1) is 39.9 Å². The summed E-state index contributed by atoms with van der Waals surface area (Å²) in [6, 6.07) is 8.74. The molecule has 3 fully saturated rings. The zero-order valence-corrected chi connectivity index (χ0v) is 22.6. The van der Waals surface area contributed by atoms with Crippen LogP contribution in [0.25, 0.3) is 10.4 Å². The van der Waals surface area contributed by atoms with Crippen LogP contribution in [-0.4, -0.2) is 22.8 Å². The maximum atomic E-state index is 10.3. The van der Waals surface area contributed by atoms with Gasteiger partial charge in [0, 0.05) is 22.1 Å². The second kappa shape index (κ2) is 8.99. The Morgan fingerprint density at radius 1 is 1.19 bits per heavy atom. The number of ether oxygens (including phenoxy) is 1. The third kappa shape index (κ3) is 3.59. The van der Waals surface area contributed by atoms with Crippen molar-refractivity contribution in [1.29, 1.82) is 5.26 Å². The molecule has 5 heteroatoms. The largest absolute Gasteiger partial charge is 0.477 e. The van der Waals surface area contributed by atoms with Crippen molar-refractivity contribution < 1.29 is 9.84 Å². The molecule has 0 saturated heterocycles. The third-order valence-corrected chi connectivity index (χ3v) is 11.5. The van der Waals surface area contributed by atoms with Crippen LogP contribution < -0.4 is 4.74 Å². The first kappa shape index (κ1) is 24.2. The molecule has 2 heterocycles. The zero-order valence-electron chi connectivity index (χ0n) is 21.8. The molecule has 3 saturated carbocycles. The smallest absolute Gasteiger partial charge is 0.232 e. The van der Waals surface area contributed by atoms with Gasteiger partial charge in [0.05, 0.1) is 12.7 Å². The molecule has 0 spiro atoms. The molecule has 36 heavy (non-hydrogen) atoms. The van der Waals surface area contributed by atoms with E-state index in [4.69, 9.17) is 9.72 Å². The first-order valence-electron chi connectivity index (χ1n) is 13.9. The van der Waals surface area contributed by atoms with E-state index in [1.165, 1.54) is 31.3 Å². The quantitative estimate of drug-likeness (QED) is 0.440. The summed E-state index contributed by atoms with van der Waals surface area (Å²) < 4.78 is 5.95. The second-order valence-electron chi connectivity index (χ2n) is 12.1. The van der Waals surface area contributed by atoms with Crippen molar-refractivity contribution in [3.63, 3.8) is 0 Å². The molecule has 2 aromatic rings. The van der Waals surface area contributed by atoms with E-state index in [9.17, 15) is 10.4 Å². The molecule has 4 aliphatic rings. The van der Waals surface area contributed by atoms with E-state index in [1.807, 2.05) is 13.0 Å². The van der Waals surface area contributed by atoms with E-state index >= 15 is 0 Å². The Bertz CT molecular complexity index is 1210. The highest BCUT2D eigenvalue weighted by Crippen LogP contribution is 2.68. The number of allylic oxidation sites excluding steroid dienone is 1. The van der Waals surface area contributed by atoms with Crippen LogP contribution in [0.3, 0.4) is 0 Å². The maximum Gasteiger partial charge on any atom is 0.232 e. The van der Waals surface area contributed by atoms with Crippen molar-refractivity contribution in [3.05, 3.63) is 46.5 Å². The lowest BCUT2D eigenvalue weighted by Crippen LogP contribution is -2.50. The van der Waals surface area contributed by atoms with Gasteiger partial charge in [0.15, 0.2) is 0 Å². The highest BCUT2D eigenvalue weighted by Gasteiger charge is 2.59. The van der Waals surface area contributed by atoms with E-state index in [1.54, 1.807) is 11.3 Å². The Hall–Kier alpha value is -2.16. The minimum Gasteiger partial charge on any atom is -0.477 e. The summed E-state index contributed by atoms with van der Waals surface area (Å²) in [5.74, 6) is 3.04. The van der Waals surface area contributed by atoms with E-state index in [0.29, 0.717) is 29.9 Å². The molecular formula is C31H38N2O2S. The Balaban J connectivity index is 1.37. The molecule has 0 aliphatic heterocycles. The monoisotopic (exact) mass is 502 g/mol.